The minimum Gasteiger partial charge on any atom is -0.384 e. The van der Waals surface area contributed by atoms with Crippen molar-refractivity contribution in [1.29, 1.82) is 5.26 Å². The van der Waals surface area contributed by atoms with Gasteiger partial charge in [-0.25, -0.2) is 0 Å². The second-order valence-corrected chi connectivity index (χ2v) is 9.13. The van der Waals surface area contributed by atoms with Gasteiger partial charge in [-0.05, 0) is 48.9 Å². The molecule has 0 bridgehead atoms. The highest BCUT2D eigenvalue weighted by Crippen LogP contribution is 2.36. The van der Waals surface area contributed by atoms with E-state index in [2.05, 4.69) is 20.9 Å². The van der Waals surface area contributed by atoms with E-state index in [9.17, 15) is 10.4 Å². The topological polar surface area (TPSA) is 63.4 Å². The molecule has 3 aromatic rings. The molecular weight excluding hydrogens is 443 g/mol. The number of pyridine rings is 1. The Kier molecular flexibility index (Phi) is 6.68. The molecule has 1 aliphatic heterocycles. The Bertz CT molecular complexity index is 1110. The number of aromatic nitrogens is 1. The number of hydrogen-bond acceptors (Lipinski definition) is 5. The van der Waals surface area contributed by atoms with Crippen LogP contribution in [0.25, 0.3) is 0 Å². The summed E-state index contributed by atoms with van der Waals surface area (Å²) in [7, 11) is 0. The summed E-state index contributed by atoms with van der Waals surface area (Å²) < 4.78 is 0. The highest BCUT2D eigenvalue weighted by atomic mass is 35.5. The molecule has 0 radical (unpaired) electrons. The van der Waals surface area contributed by atoms with Crippen molar-refractivity contribution in [2.75, 3.05) is 31.1 Å². The maximum absolute atomic E-state index is 11.2. The number of nitrogens with zero attached hydrogens (tertiary/aromatic N) is 4. The molecule has 7 heteroatoms. The number of piperazine rings is 1. The molecular formula is C25H24Cl2N4O. The zero-order chi connectivity index (χ0) is 22.7. The number of benzene rings is 2. The van der Waals surface area contributed by atoms with Crippen LogP contribution in [0, 0.1) is 11.3 Å². The number of β-amino-alcohol motifs (C(OH)–C–C–N with tert-alkyl or cyclic N) is 1. The van der Waals surface area contributed by atoms with Crippen LogP contribution in [0.5, 0.6) is 0 Å². The van der Waals surface area contributed by atoms with Crippen molar-refractivity contribution < 1.29 is 5.11 Å². The Morgan fingerprint density at radius 3 is 2.59 bits per heavy atom. The van der Waals surface area contributed by atoms with E-state index in [1.54, 1.807) is 24.5 Å². The Balaban J connectivity index is 1.63. The molecule has 0 saturated carbocycles. The van der Waals surface area contributed by atoms with Crippen LogP contribution in [-0.2, 0) is 5.60 Å². The van der Waals surface area contributed by atoms with Gasteiger partial charge in [0, 0.05) is 49.2 Å². The van der Waals surface area contributed by atoms with E-state index in [0.29, 0.717) is 28.7 Å². The largest absolute Gasteiger partial charge is 0.384 e. The molecule has 0 spiro atoms. The number of nitriles is 1. The van der Waals surface area contributed by atoms with Gasteiger partial charge in [0.1, 0.15) is 5.60 Å². The molecule has 1 N–H and O–H groups in total. The highest BCUT2D eigenvalue weighted by Gasteiger charge is 2.34. The van der Waals surface area contributed by atoms with Gasteiger partial charge < -0.3 is 10.0 Å². The summed E-state index contributed by atoms with van der Waals surface area (Å²) in [6.07, 6.45) is 3.42. The first kappa shape index (κ1) is 22.6. The number of rotatable bonds is 5. The third kappa shape index (κ3) is 4.90. The molecule has 4 rings (SSSR count). The molecule has 0 unspecified atom stereocenters. The smallest absolute Gasteiger partial charge is 0.101 e. The van der Waals surface area contributed by atoms with E-state index in [1.807, 2.05) is 49.4 Å². The molecule has 2 heterocycles. The maximum atomic E-state index is 11.2. The fourth-order valence-corrected chi connectivity index (χ4v) is 4.67. The lowest BCUT2D eigenvalue weighted by Gasteiger charge is -2.45. The molecule has 32 heavy (non-hydrogen) atoms. The molecule has 2 aromatic carbocycles. The fourth-order valence-electron chi connectivity index (χ4n) is 4.26. The molecule has 1 fully saturated rings. The average molecular weight is 467 g/mol. The summed E-state index contributed by atoms with van der Waals surface area (Å²) in [6.45, 7) is 4.50. The quantitative estimate of drug-likeness (QED) is 0.570. The van der Waals surface area contributed by atoms with Crippen LogP contribution in [0.2, 0.25) is 10.0 Å². The standard InChI is InChI=1S/C25H24Cl2N4O/c1-25(32,20-3-2-10-29-15-20)17-30-11-12-31(23-9-4-18(14-28)13-22(23)27)24(16-30)19-5-7-21(26)8-6-19/h2-10,13,15,24,32H,11-12,16-17H2,1H3/t24-,25+/m0/s1. The molecule has 0 aliphatic carbocycles. The summed E-state index contributed by atoms with van der Waals surface area (Å²) in [4.78, 5) is 8.68. The number of aliphatic hydroxyl groups is 1. The Labute approximate surface area is 198 Å². The molecule has 5 nitrogen and oxygen atoms in total. The van der Waals surface area contributed by atoms with Crippen molar-refractivity contribution in [2.24, 2.45) is 0 Å². The molecule has 2 atom stereocenters. The van der Waals surface area contributed by atoms with Gasteiger partial charge in [0.25, 0.3) is 0 Å². The zero-order valence-corrected chi connectivity index (χ0v) is 19.3. The van der Waals surface area contributed by atoms with E-state index in [1.165, 1.54) is 0 Å². The van der Waals surface area contributed by atoms with Crippen LogP contribution in [0.15, 0.2) is 67.0 Å². The summed E-state index contributed by atoms with van der Waals surface area (Å²) in [5.74, 6) is 0. The van der Waals surface area contributed by atoms with Crippen LogP contribution < -0.4 is 4.90 Å². The van der Waals surface area contributed by atoms with Gasteiger partial charge >= 0.3 is 0 Å². The number of anilines is 1. The number of hydrogen-bond donors (Lipinski definition) is 1. The van der Waals surface area contributed by atoms with E-state index in [4.69, 9.17) is 23.2 Å². The minimum atomic E-state index is -1.02. The van der Waals surface area contributed by atoms with Crippen molar-refractivity contribution in [3.05, 3.63) is 93.7 Å². The van der Waals surface area contributed by atoms with E-state index >= 15 is 0 Å². The van der Waals surface area contributed by atoms with Gasteiger partial charge in [0.05, 0.1) is 28.4 Å². The summed E-state index contributed by atoms with van der Waals surface area (Å²) in [6, 6.07) is 19.1. The third-order valence-electron chi connectivity index (χ3n) is 5.92. The Morgan fingerprint density at radius 2 is 1.94 bits per heavy atom. The van der Waals surface area contributed by atoms with Gasteiger partial charge in [-0.3, -0.25) is 9.88 Å². The van der Waals surface area contributed by atoms with Gasteiger partial charge in [-0.2, -0.15) is 5.26 Å². The lowest BCUT2D eigenvalue weighted by molar-refractivity contribution is 0.0100. The SMILES string of the molecule is C[C@@](O)(CN1CCN(c2ccc(C#N)cc2Cl)[C@H](c2ccc(Cl)cc2)C1)c1cccnc1. The van der Waals surface area contributed by atoms with E-state index in [0.717, 1.165) is 29.9 Å². The lowest BCUT2D eigenvalue weighted by Crippen LogP contribution is -2.52. The van der Waals surface area contributed by atoms with Crippen molar-refractivity contribution in [2.45, 2.75) is 18.6 Å². The van der Waals surface area contributed by atoms with Crippen molar-refractivity contribution >= 4 is 28.9 Å². The predicted octanol–water partition coefficient (Wildman–Crippen LogP) is 5.03. The zero-order valence-electron chi connectivity index (χ0n) is 17.7. The third-order valence-corrected chi connectivity index (χ3v) is 6.48. The van der Waals surface area contributed by atoms with Crippen LogP contribution in [-0.4, -0.2) is 41.2 Å². The monoisotopic (exact) mass is 466 g/mol. The van der Waals surface area contributed by atoms with Crippen LogP contribution in [0.4, 0.5) is 5.69 Å². The maximum Gasteiger partial charge on any atom is 0.101 e. The first-order valence-electron chi connectivity index (χ1n) is 10.4. The van der Waals surface area contributed by atoms with Gasteiger partial charge in [0.2, 0.25) is 0 Å². The molecule has 1 aliphatic rings. The average Bonchev–Trinajstić information content (AvgIpc) is 2.80. The lowest BCUT2D eigenvalue weighted by atomic mass is 9.95. The van der Waals surface area contributed by atoms with Crippen LogP contribution in [0.1, 0.15) is 29.7 Å². The van der Waals surface area contributed by atoms with Crippen molar-refractivity contribution in [3.63, 3.8) is 0 Å². The first-order chi connectivity index (χ1) is 15.4. The van der Waals surface area contributed by atoms with Crippen molar-refractivity contribution in [3.8, 4) is 6.07 Å². The van der Waals surface area contributed by atoms with Gasteiger partial charge in [-0.15, -0.1) is 0 Å². The summed E-state index contributed by atoms with van der Waals surface area (Å²) in [5, 5.41) is 21.6. The van der Waals surface area contributed by atoms with E-state index in [-0.39, 0.29) is 6.04 Å². The molecule has 164 valence electrons. The van der Waals surface area contributed by atoms with E-state index < -0.39 is 5.60 Å². The summed E-state index contributed by atoms with van der Waals surface area (Å²) >= 11 is 12.7. The highest BCUT2D eigenvalue weighted by molar-refractivity contribution is 6.33. The first-order valence-corrected chi connectivity index (χ1v) is 11.2. The van der Waals surface area contributed by atoms with Crippen LogP contribution in [0.3, 0.4) is 0 Å². The van der Waals surface area contributed by atoms with Gasteiger partial charge in [-0.1, -0.05) is 41.4 Å². The normalized spacial score (nSPS) is 18.7. The molecule has 1 saturated heterocycles. The molecule has 0 amide bonds. The minimum absolute atomic E-state index is 0.0103. The van der Waals surface area contributed by atoms with Crippen molar-refractivity contribution in [1.82, 2.24) is 9.88 Å². The predicted molar refractivity (Wildman–Crippen MR) is 128 cm³/mol. The number of halogens is 2. The Hall–Kier alpha value is -2.62. The summed E-state index contributed by atoms with van der Waals surface area (Å²) in [5.41, 5.74) is 2.31. The second kappa shape index (κ2) is 9.48. The second-order valence-electron chi connectivity index (χ2n) is 8.29. The fraction of sp³-hybridized carbons (Fsp3) is 0.280. The van der Waals surface area contributed by atoms with Crippen LogP contribution >= 0.6 is 23.2 Å². The Morgan fingerprint density at radius 1 is 1.16 bits per heavy atom. The van der Waals surface area contributed by atoms with Gasteiger partial charge in [0.15, 0.2) is 0 Å². The molecule has 1 aromatic heterocycles.